The summed E-state index contributed by atoms with van der Waals surface area (Å²) < 4.78 is 32.9. The second-order valence-corrected chi connectivity index (χ2v) is 10.2. The number of sulfonamides is 1. The Bertz CT molecular complexity index is 867. The Morgan fingerprint density at radius 1 is 1.00 bits per heavy atom. The van der Waals surface area contributed by atoms with E-state index in [1.165, 1.54) is 0 Å². The molecule has 27 heavy (non-hydrogen) atoms. The summed E-state index contributed by atoms with van der Waals surface area (Å²) in [4.78, 5) is 0.252. The maximum absolute atomic E-state index is 12.5. The van der Waals surface area contributed by atoms with Crippen molar-refractivity contribution in [2.45, 2.75) is 23.0 Å². The molecule has 0 saturated carbocycles. The SMILES string of the molecule is O=S(=O)(NCCSC1CCOCC1)c1ccc(-c2ccc(Cl)c(Cl)c2)cc1. The molecule has 1 fully saturated rings. The van der Waals surface area contributed by atoms with E-state index >= 15 is 0 Å². The highest BCUT2D eigenvalue weighted by Crippen LogP contribution is 2.29. The lowest BCUT2D eigenvalue weighted by Crippen LogP contribution is -2.27. The number of hydrogen-bond acceptors (Lipinski definition) is 4. The number of halogens is 2. The Morgan fingerprint density at radius 3 is 2.33 bits per heavy atom. The fraction of sp³-hybridized carbons (Fsp3) is 0.368. The van der Waals surface area contributed by atoms with Gasteiger partial charge in [0.15, 0.2) is 0 Å². The van der Waals surface area contributed by atoms with Crippen LogP contribution >= 0.6 is 35.0 Å². The minimum Gasteiger partial charge on any atom is -0.381 e. The molecule has 0 atom stereocenters. The van der Waals surface area contributed by atoms with Crippen LogP contribution in [-0.2, 0) is 14.8 Å². The fourth-order valence-corrected chi connectivity index (χ4v) is 5.37. The van der Waals surface area contributed by atoms with Gasteiger partial charge >= 0.3 is 0 Å². The number of thioether (sulfide) groups is 1. The molecule has 1 heterocycles. The molecule has 0 spiro atoms. The molecule has 0 aliphatic carbocycles. The number of hydrogen-bond donors (Lipinski definition) is 1. The molecule has 2 aromatic carbocycles. The van der Waals surface area contributed by atoms with Gasteiger partial charge in [-0.15, -0.1) is 0 Å². The van der Waals surface area contributed by atoms with E-state index in [-0.39, 0.29) is 4.90 Å². The minimum absolute atomic E-state index is 0.252. The molecule has 0 amide bonds. The normalized spacial score (nSPS) is 15.8. The standard InChI is InChI=1S/C19H21Cl2NO3S2/c20-18-6-3-15(13-19(18)21)14-1-4-17(5-2-14)27(23,24)22-9-12-26-16-7-10-25-11-8-16/h1-6,13,16,22H,7-12H2. The molecule has 0 unspecified atom stereocenters. The lowest BCUT2D eigenvalue weighted by Gasteiger charge is -2.21. The summed E-state index contributed by atoms with van der Waals surface area (Å²) in [6, 6.07) is 12.1. The predicted molar refractivity (Wildman–Crippen MR) is 113 cm³/mol. The van der Waals surface area contributed by atoms with Gasteiger partial charge in [-0.1, -0.05) is 41.4 Å². The third-order valence-electron chi connectivity index (χ3n) is 4.33. The smallest absolute Gasteiger partial charge is 0.240 e. The zero-order valence-corrected chi connectivity index (χ0v) is 17.8. The number of rotatable bonds is 7. The summed E-state index contributed by atoms with van der Waals surface area (Å²) in [5.41, 5.74) is 1.76. The zero-order chi connectivity index (χ0) is 19.3. The first-order valence-electron chi connectivity index (χ1n) is 8.70. The maximum atomic E-state index is 12.5. The van der Waals surface area contributed by atoms with Gasteiger partial charge in [0.25, 0.3) is 0 Å². The van der Waals surface area contributed by atoms with E-state index in [4.69, 9.17) is 27.9 Å². The number of nitrogens with one attached hydrogen (secondary N) is 1. The highest BCUT2D eigenvalue weighted by atomic mass is 35.5. The van der Waals surface area contributed by atoms with Crippen LogP contribution in [0.15, 0.2) is 47.4 Å². The molecular weight excluding hydrogens is 425 g/mol. The first-order chi connectivity index (χ1) is 13.0. The first-order valence-corrected chi connectivity index (χ1v) is 12.0. The highest BCUT2D eigenvalue weighted by Gasteiger charge is 2.16. The summed E-state index contributed by atoms with van der Waals surface area (Å²) in [7, 11) is -3.51. The van der Waals surface area contributed by atoms with Crippen molar-refractivity contribution in [1.29, 1.82) is 0 Å². The fourth-order valence-electron chi connectivity index (χ4n) is 2.83. The van der Waals surface area contributed by atoms with E-state index in [1.807, 2.05) is 6.07 Å². The van der Waals surface area contributed by atoms with Gasteiger partial charge in [-0.05, 0) is 48.2 Å². The average Bonchev–Trinajstić information content (AvgIpc) is 2.68. The van der Waals surface area contributed by atoms with Gasteiger partial charge in [-0.2, -0.15) is 11.8 Å². The van der Waals surface area contributed by atoms with E-state index in [2.05, 4.69) is 4.72 Å². The lowest BCUT2D eigenvalue weighted by atomic mass is 10.1. The largest absolute Gasteiger partial charge is 0.381 e. The van der Waals surface area contributed by atoms with Gasteiger partial charge in [-0.3, -0.25) is 0 Å². The molecule has 8 heteroatoms. The summed E-state index contributed by atoms with van der Waals surface area (Å²) in [6.07, 6.45) is 2.07. The lowest BCUT2D eigenvalue weighted by molar-refractivity contribution is 0.100. The van der Waals surface area contributed by atoms with Crippen molar-refractivity contribution in [3.05, 3.63) is 52.5 Å². The molecule has 4 nitrogen and oxygen atoms in total. The molecule has 1 aliphatic rings. The van der Waals surface area contributed by atoms with Gasteiger partial charge in [0, 0.05) is 30.8 Å². The van der Waals surface area contributed by atoms with E-state index in [0.717, 1.165) is 42.9 Å². The summed E-state index contributed by atoms with van der Waals surface area (Å²) in [5, 5.41) is 1.52. The van der Waals surface area contributed by atoms with Crippen LogP contribution in [0.25, 0.3) is 11.1 Å². The quantitative estimate of drug-likeness (QED) is 0.618. The van der Waals surface area contributed by atoms with Crippen LogP contribution in [0, 0.1) is 0 Å². The summed E-state index contributed by atoms with van der Waals surface area (Å²) >= 11 is 13.8. The van der Waals surface area contributed by atoms with Crippen molar-refractivity contribution in [1.82, 2.24) is 4.72 Å². The van der Waals surface area contributed by atoms with Gasteiger partial charge < -0.3 is 4.74 Å². The van der Waals surface area contributed by atoms with Crippen molar-refractivity contribution in [3.63, 3.8) is 0 Å². The van der Waals surface area contributed by atoms with Gasteiger partial charge in [0.1, 0.15) is 0 Å². The van der Waals surface area contributed by atoms with Crippen LogP contribution in [-0.4, -0.2) is 39.2 Å². The van der Waals surface area contributed by atoms with Crippen LogP contribution in [0.4, 0.5) is 0 Å². The molecule has 0 radical (unpaired) electrons. The molecule has 1 saturated heterocycles. The van der Waals surface area contributed by atoms with E-state index in [0.29, 0.717) is 21.8 Å². The molecule has 1 aliphatic heterocycles. The van der Waals surface area contributed by atoms with Crippen molar-refractivity contribution < 1.29 is 13.2 Å². The summed E-state index contributed by atoms with van der Waals surface area (Å²) in [6.45, 7) is 2.02. The highest BCUT2D eigenvalue weighted by molar-refractivity contribution is 8.00. The third kappa shape index (κ3) is 5.86. The van der Waals surface area contributed by atoms with E-state index in [9.17, 15) is 8.42 Å². The van der Waals surface area contributed by atoms with Gasteiger partial charge in [0.05, 0.1) is 14.9 Å². The predicted octanol–water partition coefficient (Wildman–Crippen LogP) is 4.85. The van der Waals surface area contributed by atoms with Crippen LogP contribution in [0.3, 0.4) is 0 Å². The van der Waals surface area contributed by atoms with Gasteiger partial charge in [-0.25, -0.2) is 13.1 Å². The summed E-state index contributed by atoms with van der Waals surface area (Å²) in [5.74, 6) is 0.755. The third-order valence-corrected chi connectivity index (χ3v) is 7.93. The van der Waals surface area contributed by atoms with Crippen molar-refractivity contribution in [2.24, 2.45) is 0 Å². The number of ether oxygens (including phenoxy) is 1. The van der Waals surface area contributed by atoms with Crippen molar-refractivity contribution in [2.75, 3.05) is 25.5 Å². The molecule has 146 valence electrons. The second kappa shape index (κ2) is 9.63. The average molecular weight is 446 g/mol. The Hall–Kier alpha value is -0.760. The monoisotopic (exact) mass is 445 g/mol. The molecular formula is C19H21Cl2NO3S2. The first kappa shape index (κ1) is 21.0. The van der Waals surface area contributed by atoms with Crippen molar-refractivity contribution in [3.8, 4) is 11.1 Å². The number of benzene rings is 2. The zero-order valence-electron chi connectivity index (χ0n) is 14.7. The Labute approximate surface area is 174 Å². The topological polar surface area (TPSA) is 55.4 Å². The molecule has 0 bridgehead atoms. The van der Waals surface area contributed by atoms with Crippen LogP contribution in [0.5, 0.6) is 0 Å². The molecule has 0 aromatic heterocycles. The Morgan fingerprint density at radius 2 is 1.67 bits per heavy atom. The van der Waals surface area contributed by atoms with Crippen molar-refractivity contribution >= 4 is 45.0 Å². The molecule has 1 N–H and O–H groups in total. The van der Waals surface area contributed by atoms with Crippen LogP contribution < -0.4 is 4.72 Å². The molecule has 2 aromatic rings. The minimum atomic E-state index is -3.51. The Kier molecular flexibility index (Phi) is 7.48. The van der Waals surface area contributed by atoms with Crippen LogP contribution in [0.2, 0.25) is 10.0 Å². The second-order valence-electron chi connectivity index (χ2n) is 6.23. The molecule has 3 rings (SSSR count). The Balaban J connectivity index is 1.57. The van der Waals surface area contributed by atoms with Crippen LogP contribution in [0.1, 0.15) is 12.8 Å². The van der Waals surface area contributed by atoms with E-state index < -0.39 is 10.0 Å². The van der Waals surface area contributed by atoms with Gasteiger partial charge in [0.2, 0.25) is 10.0 Å². The van der Waals surface area contributed by atoms with E-state index in [1.54, 1.807) is 48.2 Å². The maximum Gasteiger partial charge on any atom is 0.240 e.